The molecular weight excluding hydrogens is 617 g/mol. The Morgan fingerprint density at radius 1 is 0.739 bits per heavy atom. The molecule has 5 heterocycles. The Morgan fingerprint density at radius 3 is 1.80 bits per heavy atom. The summed E-state index contributed by atoms with van der Waals surface area (Å²) in [7, 11) is 2.79. The number of hydrogen-bond donors (Lipinski definition) is 2. The number of H-pyrrole nitrogens is 2. The number of carbonyl (C=O) groups excluding carboxylic acids is 2. The molecule has 0 radical (unpaired) electrons. The number of esters is 2. The summed E-state index contributed by atoms with van der Waals surface area (Å²) in [6, 6.07) is 8.19. The van der Waals surface area contributed by atoms with E-state index in [1.165, 1.54) is 19.8 Å². The number of thiocarbonyl (C=S) groups is 2. The van der Waals surface area contributed by atoms with Crippen LogP contribution in [0.4, 0.5) is 0 Å². The Bertz CT molecular complexity index is 1940. The molecular formula is C36H42N4O4S2. The molecule has 0 saturated carbocycles. The van der Waals surface area contributed by atoms with Gasteiger partial charge in [-0.1, -0.05) is 38.3 Å². The average Bonchev–Trinajstić information content (AvgIpc) is 3.66. The summed E-state index contributed by atoms with van der Waals surface area (Å²) < 4.78 is 9.96. The van der Waals surface area contributed by atoms with E-state index in [4.69, 9.17) is 43.9 Å². The molecule has 0 aliphatic carbocycles. The molecule has 5 rings (SSSR count). The van der Waals surface area contributed by atoms with Crippen molar-refractivity contribution in [3.8, 4) is 0 Å². The molecule has 8 nitrogen and oxygen atoms in total. The Balaban J connectivity index is 1.92. The fraction of sp³-hybridized carbons (Fsp3) is 0.444. The summed E-state index contributed by atoms with van der Waals surface area (Å²) in [6.07, 6.45) is 2.95. The van der Waals surface area contributed by atoms with Gasteiger partial charge in [0.2, 0.25) is 0 Å². The maximum absolute atomic E-state index is 12.3. The van der Waals surface area contributed by atoms with Crippen molar-refractivity contribution >= 4 is 68.2 Å². The van der Waals surface area contributed by atoms with Crippen molar-refractivity contribution in [2.75, 3.05) is 14.2 Å². The first-order valence-electron chi connectivity index (χ1n) is 15.8. The normalized spacial score (nSPS) is 19.4. The van der Waals surface area contributed by atoms with Gasteiger partial charge in [-0.3, -0.25) is 19.6 Å². The van der Waals surface area contributed by atoms with E-state index >= 15 is 0 Å². The van der Waals surface area contributed by atoms with Gasteiger partial charge >= 0.3 is 11.9 Å². The number of fused-ring (bicyclic) bond motifs is 8. The summed E-state index contributed by atoms with van der Waals surface area (Å²) in [5.41, 5.74) is 9.85. The van der Waals surface area contributed by atoms with Crippen LogP contribution in [0.2, 0.25) is 0 Å². The highest BCUT2D eigenvalue weighted by Gasteiger charge is 2.40. The monoisotopic (exact) mass is 658 g/mol. The zero-order valence-electron chi connectivity index (χ0n) is 27.9. The predicted molar refractivity (Wildman–Crippen MR) is 190 cm³/mol. The number of nitrogens with one attached hydrogen (secondary N) is 2. The van der Waals surface area contributed by atoms with Crippen LogP contribution in [0.3, 0.4) is 0 Å². The van der Waals surface area contributed by atoms with E-state index in [0.29, 0.717) is 23.4 Å². The molecule has 2 atom stereocenters. The van der Waals surface area contributed by atoms with Crippen LogP contribution < -0.4 is 0 Å². The molecule has 0 amide bonds. The molecule has 2 N–H and O–H groups in total. The van der Waals surface area contributed by atoms with Crippen molar-refractivity contribution in [2.45, 2.75) is 90.9 Å². The Morgan fingerprint density at radius 2 is 1.22 bits per heavy atom. The van der Waals surface area contributed by atoms with Crippen LogP contribution in [0.1, 0.15) is 98.4 Å². The quantitative estimate of drug-likeness (QED) is 0.192. The van der Waals surface area contributed by atoms with Gasteiger partial charge in [0.15, 0.2) is 0 Å². The molecule has 2 aliphatic rings. The molecule has 3 aromatic heterocycles. The number of aromatic amines is 2. The van der Waals surface area contributed by atoms with Crippen LogP contribution in [-0.2, 0) is 42.7 Å². The van der Waals surface area contributed by atoms with Gasteiger partial charge in [0.1, 0.15) is 0 Å². The molecule has 2 aliphatic heterocycles. The summed E-state index contributed by atoms with van der Waals surface area (Å²) in [4.78, 5) is 43.5. The van der Waals surface area contributed by atoms with Crippen LogP contribution >= 0.6 is 24.4 Å². The molecule has 8 bridgehead atoms. The first-order chi connectivity index (χ1) is 21.8. The smallest absolute Gasteiger partial charge is 0.305 e. The fourth-order valence-electron chi connectivity index (χ4n) is 6.57. The highest BCUT2D eigenvalue weighted by atomic mass is 32.1. The summed E-state index contributed by atoms with van der Waals surface area (Å²) in [5, 5.41) is 0. The highest BCUT2D eigenvalue weighted by Crippen LogP contribution is 2.39. The Labute approximate surface area is 280 Å². The summed E-state index contributed by atoms with van der Waals surface area (Å²) in [6.45, 7) is 12.6. The van der Waals surface area contributed by atoms with E-state index in [-0.39, 0.29) is 24.8 Å². The largest absolute Gasteiger partial charge is 0.469 e. The Kier molecular flexibility index (Phi) is 9.35. The molecule has 0 spiro atoms. The van der Waals surface area contributed by atoms with Gasteiger partial charge in [0.05, 0.1) is 46.7 Å². The van der Waals surface area contributed by atoms with Gasteiger partial charge in [-0.2, -0.15) is 0 Å². The molecule has 2 unspecified atom stereocenters. The number of aryl methyl sites for hydroxylation is 4. The van der Waals surface area contributed by atoms with Gasteiger partial charge in [-0.05, 0) is 99.9 Å². The molecule has 3 aromatic rings. The van der Waals surface area contributed by atoms with E-state index in [1.54, 1.807) is 0 Å². The third kappa shape index (κ3) is 5.70. The van der Waals surface area contributed by atoms with Crippen molar-refractivity contribution in [2.24, 2.45) is 0 Å². The van der Waals surface area contributed by atoms with Crippen molar-refractivity contribution in [1.82, 2.24) is 19.9 Å². The maximum Gasteiger partial charge on any atom is 0.305 e. The third-order valence-corrected chi connectivity index (χ3v) is 11.4. The van der Waals surface area contributed by atoms with Gasteiger partial charge in [-0.25, -0.2) is 0 Å². The predicted octanol–water partition coefficient (Wildman–Crippen LogP) is 7.31. The van der Waals surface area contributed by atoms with E-state index in [0.717, 1.165) is 73.5 Å². The topological polar surface area (TPSA) is 110 Å². The minimum absolute atomic E-state index is 0.194. The zero-order valence-corrected chi connectivity index (χ0v) is 29.5. The highest BCUT2D eigenvalue weighted by molar-refractivity contribution is 7.81. The number of ether oxygens (including phenoxy) is 2. The third-order valence-electron chi connectivity index (χ3n) is 10.0. The van der Waals surface area contributed by atoms with Crippen LogP contribution in [0.5, 0.6) is 0 Å². The zero-order chi connectivity index (χ0) is 33.6. The lowest BCUT2D eigenvalue weighted by Crippen LogP contribution is -2.28. The van der Waals surface area contributed by atoms with Crippen LogP contribution in [-0.4, -0.2) is 55.8 Å². The van der Waals surface area contributed by atoms with Crippen LogP contribution in [0.25, 0.3) is 22.1 Å². The van der Waals surface area contributed by atoms with Crippen LogP contribution in [0.15, 0.2) is 24.3 Å². The van der Waals surface area contributed by atoms with Crippen molar-refractivity contribution in [3.63, 3.8) is 0 Å². The van der Waals surface area contributed by atoms with E-state index in [9.17, 15) is 9.59 Å². The lowest BCUT2D eigenvalue weighted by atomic mass is 9.79. The standard InChI is InChI=1S/C36H42N4O4S2/c1-9-21-19(3)23-15-27-34(46)36(6,14-13-32(42)44-8)30(40-27)18-26-22(11-12-31(41)43-7)20(4)24(38-26)17-29-35(5,10-2)33(45)28(39-29)16-25(21)37-23/h15-18,37-38H,9-14H2,1-8H3. The fourth-order valence-corrected chi connectivity index (χ4v) is 7.23. The molecule has 0 aromatic carbocycles. The number of carbonyl (C=O) groups is 2. The number of rotatable bonds is 8. The van der Waals surface area contributed by atoms with Gasteiger partial charge < -0.3 is 19.4 Å². The van der Waals surface area contributed by atoms with Gasteiger partial charge in [-0.15, -0.1) is 0 Å². The van der Waals surface area contributed by atoms with Crippen molar-refractivity contribution < 1.29 is 19.1 Å². The average molecular weight is 659 g/mol. The summed E-state index contributed by atoms with van der Waals surface area (Å²) in [5.74, 6) is -0.586. The van der Waals surface area contributed by atoms with Crippen LogP contribution in [0, 0.1) is 13.8 Å². The second kappa shape index (κ2) is 12.8. The number of hydrogen-bond acceptors (Lipinski definition) is 8. The molecule has 0 saturated heterocycles. The van der Waals surface area contributed by atoms with Gasteiger partial charge in [0, 0.05) is 45.7 Å². The Hall–Kier alpha value is -3.76. The summed E-state index contributed by atoms with van der Waals surface area (Å²) >= 11 is 12.2. The number of nitrogens with zero attached hydrogens (tertiary/aromatic N) is 2. The molecule has 242 valence electrons. The molecule has 0 fully saturated rings. The number of methoxy groups -OCH3 is 2. The minimum Gasteiger partial charge on any atom is -0.469 e. The van der Waals surface area contributed by atoms with E-state index in [1.807, 2.05) is 26.0 Å². The van der Waals surface area contributed by atoms with E-state index in [2.05, 4.69) is 49.8 Å². The lowest BCUT2D eigenvalue weighted by molar-refractivity contribution is -0.141. The maximum atomic E-state index is 12.3. The van der Waals surface area contributed by atoms with E-state index < -0.39 is 10.8 Å². The first kappa shape index (κ1) is 33.6. The van der Waals surface area contributed by atoms with Gasteiger partial charge in [0.25, 0.3) is 0 Å². The first-order valence-corrected chi connectivity index (χ1v) is 16.6. The lowest BCUT2D eigenvalue weighted by Gasteiger charge is -2.23. The van der Waals surface area contributed by atoms with Crippen molar-refractivity contribution in [3.05, 3.63) is 69.3 Å². The number of aromatic nitrogens is 4. The second-order valence-electron chi connectivity index (χ2n) is 12.6. The molecule has 10 heteroatoms. The second-order valence-corrected chi connectivity index (χ2v) is 13.5. The SMILES string of the molecule is CCc1c(C)c2cc3nc(cc4[nH]c(cc5nc(cc1[nH]2)C(=S)C5(C)CC)c(C)c4CCC(=O)OC)C(C)(CCC(=O)OC)C3=S. The minimum atomic E-state index is -0.708. The van der Waals surface area contributed by atoms with Crippen molar-refractivity contribution in [1.29, 1.82) is 0 Å². The molecule has 46 heavy (non-hydrogen) atoms.